The first kappa shape index (κ1) is 17.2. The molecule has 4 nitrogen and oxygen atoms in total. The van der Waals surface area contributed by atoms with E-state index >= 15 is 0 Å². The van der Waals surface area contributed by atoms with Gasteiger partial charge in [0.2, 0.25) is 5.91 Å². The van der Waals surface area contributed by atoms with Gasteiger partial charge in [0, 0.05) is 19.4 Å². The van der Waals surface area contributed by atoms with Gasteiger partial charge in [0.15, 0.2) is 17.4 Å². The summed E-state index contributed by atoms with van der Waals surface area (Å²) in [6.45, 7) is -0.142. The van der Waals surface area contributed by atoms with Gasteiger partial charge in [0.25, 0.3) is 0 Å². The Kier molecular flexibility index (Phi) is 5.95. The number of benzene rings is 1. The lowest BCUT2D eigenvalue weighted by molar-refractivity contribution is -0.121. The van der Waals surface area contributed by atoms with E-state index in [9.17, 15) is 23.5 Å². The molecule has 122 valence electrons. The van der Waals surface area contributed by atoms with Gasteiger partial charge >= 0.3 is 0 Å². The maximum Gasteiger partial charge on any atom is 0.220 e. The SMILES string of the molecule is O=C(CCC(=O)c1cccs1)NCC(O)c1ccc(F)c(F)c1. The maximum atomic E-state index is 13.1. The number of aliphatic hydroxyl groups is 1. The number of hydrogen-bond acceptors (Lipinski definition) is 4. The maximum absolute atomic E-state index is 13.1. The minimum absolute atomic E-state index is 0.00122. The minimum Gasteiger partial charge on any atom is -0.387 e. The van der Waals surface area contributed by atoms with E-state index in [0.717, 1.165) is 12.1 Å². The van der Waals surface area contributed by atoms with Crippen LogP contribution in [0.4, 0.5) is 8.78 Å². The fraction of sp³-hybridized carbons (Fsp3) is 0.250. The summed E-state index contributed by atoms with van der Waals surface area (Å²) in [6.07, 6.45) is -1.07. The summed E-state index contributed by atoms with van der Waals surface area (Å²) in [6, 6.07) is 6.49. The quantitative estimate of drug-likeness (QED) is 0.762. The van der Waals surface area contributed by atoms with Crippen LogP contribution in [0.25, 0.3) is 0 Å². The Morgan fingerprint density at radius 2 is 1.96 bits per heavy atom. The Bertz CT molecular complexity index is 689. The molecule has 1 unspecified atom stereocenters. The first-order chi connectivity index (χ1) is 11.0. The number of Topliss-reactive ketones (excluding diaryl/α,β-unsaturated/α-hetero) is 1. The van der Waals surface area contributed by atoms with E-state index in [1.54, 1.807) is 17.5 Å². The molecule has 1 amide bonds. The molecule has 0 saturated carbocycles. The molecule has 7 heteroatoms. The number of carbonyl (C=O) groups is 2. The van der Waals surface area contributed by atoms with Crippen molar-refractivity contribution in [3.05, 3.63) is 57.8 Å². The van der Waals surface area contributed by atoms with Crippen molar-refractivity contribution < 1.29 is 23.5 Å². The highest BCUT2D eigenvalue weighted by Gasteiger charge is 2.14. The summed E-state index contributed by atoms with van der Waals surface area (Å²) < 4.78 is 25.9. The van der Waals surface area contributed by atoms with Crippen molar-refractivity contribution in [1.82, 2.24) is 5.32 Å². The van der Waals surface area contributed by atoms with Crippen molar-refractivity contribution in [3.63, 3.8) is 0 Å². The molecule has 1 heterocycles. The summed E-state index contributed by atoms with van der Waals surface area (Å²) in [5, 5.41) is 14.1. The average Bonchev–Trinajstić information content (AvgIpc) is 3.07. The molecule has 0 saturated heterocycles. The molecular formula is C16H15F2NO3S. The minimum atomic E-state index is -1.15. The molecule has 1 atom stereocenters. The van der Waals surface area contributed by atoms with Gasteiger partial charge in [-0.1, -0.05) is 12.1 Å². The van der Waals surface area contributed by atoms with Crippen LogP contribution in [0.1, 0.15) is 34.2 Å². The Morgan fingerprint density at radius 1 is 1.17 bits per heavy atom. The van der Waals surface area contributed by atoms with Gasteiger partial charge in [-0.25, -0.2) is 8.78 Å². The highest BCUT2D eigenvalue weighted by atomic mass is 32.1. The smallest absolute Gasteiger partial charge is 0.220 e. The van der Waals surface area contributed by atoms with Crippen LogP contribution >= 0.6 is 11.3 Å². The third kappa shape index (κ3) is 4.94. The van der Waals surface area contributed by atoms with E-state index in [2.05, 4.69) is 5.32 Å². The molecule has 2 rings (SSSR count). The molecule has 0 radical (unpaired) electrons. The molecule has 1 aromatic heterocycles. The summed E-state index contributed by atoms with van der Waals surface area (Å²) in [5.41, 5.74) is 0.166. The second-order valence-electron chi connectivity index (χ2n) is 4.89. The lowest BCUT2D eigenvalue weighted by Crippen LogP contribution is -2.28. The van der Waals surface area contributed by atoms with Crippen molar-refractivity contribution in [1.29, 1.82) is 0 Å². The number of carbonyl (C=O) groups excluding carboxylic acids is 2. The van der Waals surface area contributed by atoms with Crippen molar-refractivity contribution in [2.45, 2.75) is 18.9 Å². The number of hydrogen-bond donors (Lipinski definition) is 2. The van der Waals surface area contributed by atoms with Crippen LogP contribution in [0.3, 0.4) is 0 Å². The molecule has 0 spiro atoms. The van der Waals surface area contributed by atoms with E-state index in [1.807, 2.05) is 0 Å². The Labute approximate surface area is 135 Å². The molecule has 23 heavy (non-hydrogen) atoms. The zero-order valence-corrected chi connectivity index (χ0v) is 12.9. The zero-order valence-electron chi connectivity index (χ0n) is 12.1. The summed E-state index contributed by atoms with van der Waals surface area (Å²) >= 11 is 1.31. The Morgan fingerprint density at radius 3 is 2.61 bits per heavy atom. The number of nitrogens with one attached hydrogen (secondary N) is 1. The van der Waals surface area contributed by atoms with E-state index in [0.29, 0.717) is 4.88 Å². The topological polar surface area (TPSA) is 66.4 Å². The molecule has 1 aromatic carbocycles. The molecule has 0 aliphatic heterocycles. The van der Waals surface area contributed by atoms with Crippen LogP contribution in [0.15, 0.2) is 35.7 Å². The first-order valence-corrected chi connectivity index (χ1v) is 7.81. The van der Waals surface area contributed by atoms with Gasteiger partial charge in [0.05, 0.1) is 11.0 Å². The zero-order chi connectivity index (χ0) is 16.8. The number of ketones is 1. The Hall–Kier alpha value is -2.12. The molecule has 0 aliphatic rings. The van der Waals surface area contributed by atoms with E-state index in [4.69, 9.17) is 0 Å². The largest absolute Gasteiger partial charge is 0.387 e. The number of amides is 1. The van der Waals surface area contributed by atoms with Crippen LogP contribution < -0.4 is 5.32 Å². The standard InChI is InChI=1S/C16H15F2NO3S/c17-11-4-3-10(8-12(11)18)14(21)9-19-16(22)6-5-13(20)15-2-1-7-23-15/h1-4,7-8,14,21H,5-6,9H2,(H,19,22). The number of halogens is 2. The van der Waals surface area contributed by atoms with Crippen molar-refractivity contribution in [2.24, 2.45) is 0 Å². The van der Waals surface area contributed by atoms with Crippen molar-refractivity contribution in [2.75, 3.05) is 6.54 Å². The van der Waals surface area contributed by atoms with Crippen LogP contribution in [0, 0.1) is 11.6 Å². The molecule has 0 bridgehead atoms. The second kappa shape index (κ2) is 7.94. The predicted molar refractivity (Wildman–Crippen MR) is 82.2 cm³/mol. The van der Waals surface area contributed by atoms with E-state index < -0.39 is 23.6 Å². The molecule has 0 aliphatic carbocycles. The lowest BCUT2D eigenvalue weighted by atomic mass is 10.1. The van der Waals surface area contributed by atoms with Gasteiger partial charge in [-0.05, 0) is 29.1 Å². The summed E-state index contributed by atoms with van der Waals surface area (Å²) in [7, 11) is 0. The van der Waals surface area contributed by atoms with Gasteiger partial charge in [0.1, 0.15) is 0 Å². The fourth-order valence-corrected chi connectivity index (χ4v) is 2.62. The predicted octanol–water partition coefficient (Wildman–Crippen LogP) is 2.84. The van der Waals surface area contributed by atoms with Crippen LogP contribution in [-0.2, 0) is 4.79 Å². The van der Waals surface area contributed by atoms with Crippen molar-refractivity contribution in [3.8, 4) is 0 Å². The van der Waals surface area contributed by atoms with Crippen LogP contribution in [0.5, 0.6) is 0 Å². The molecule has 2 aromatic rings. The second-order valence-corrected chi connectivity index (χ2v) is 5.84. The summed E-state index contributed by atoms with van der Waals surface area (Å²) in [4.78, 5) is 24.0. The van der Waals surface area contributed by atoms with E-state index in [1.165, 1.54) is 17.4 Å². The molecular weight excluding hydrogens is 324 g/mol. The van der Waals surface area contributed by atoms with Crippen molar-refractivity contribution >= 4 is 23.0 Å². The Balaban J connectivity index is 1.77. The van der Waals surface area contributed by atoms with Crippen LogP contribution in [0.2, 0.25) is 0 Å². The third-order valence-corrected chi connectivity index (χ3v) is 4.11. The normalized spacial score (nSPS) is 12.0. The number of rotatable bonds is 7. The highest BCUT2D eigenvalue weighted by Crippen LogP contribution is 2.16. The van der Waals surface area contributed by atoms with Gasteiger partial charge < -0.3 is 10.4 Å². The lowest BCUT2D eigenvalue weighted by Gasteiger charge is -2.12. The fourth-order valence-electron chi connectivity index (χ4n) is 1.92. The molecule has 2 N–H and O–H groups in total. The average molecular weight is 339 g/mol. The number of thiophene rings is 1. The monoisotopic (exact) mass is 339 g/mol. The van der Waals surface area contributed by atoms with Gasteiger partial charge in [-0.2, -0.15) is 0 Å². The third-order valence-electron chi connectivity index (χ3n) is 3.20. The van der Waals surface area contributed by atoms with Gasteiger partial charge in [-0.15, -0.1) is 11.3 Å². The van der Waals surface area contributed by atoms with Gasteiger partial charge in [-0.3, -0.25) is 9.59 Å². The highest BCUT2D eigenvalue weighted by molar-refractivity contribution is 7.12. The first-order valence-electron chi connectivity index (χ1n) is 6.94. The number of aliphatic hydroxyl groups excluding tert-OH is 1. The molecule has 0 fully saturated rings. The van der Waals surface area contributed by atoms with E-state index in [-0.39, 0.29) is 30.7 Å². The van der Waals surface area contributed by atoms with Crippen LogP contribution in [-0.4, -0.2) is 23.3 Å². The summed E-state index contributed by atoms with van der Waals surface area (Å²) in [5.74, 6) is -2.57.